The second kappa shape index (κ2) is 12.3. The predicted molar refractivity (Wildman–Crippen MR) is 139 cm³/mol. The number of benzene rings is 1. The smallest absolute Gasteiger partial charge is 0.252 e. The average Bonchev–Trinajstić information content (AvgIpc) is 2.89. The molecule has 0 fully saturated rings. The third-order valence-corrected chi connectivity index (χ3v) is 6.53. The average molecular weight is 461 g/mol. The van der Waals surface area contributed by atoms with Crippen molar-refractivity contribution in [2.75, 3.05) is 23.8 Å². The molecule has 0 aliphatic heterocycles. The van der Waals surface area contributed by atoms with Gasteiger partial charge < -0.3 is 16.1 Å². The topological polar surface area (TPSA) is 105 Å². The molecule has 3 aromatic rings. The summed E-state index contributed by atoms with van der Waals surface area (Å²) in [6, 6.07) is 11.9. The minimum absolute atomic E-state index is 0.0898. The first kappa shape index (κ1) is 24.0. The normalized spacial score (nSPS) is 12.9. The van der Waals surface area contributed by atoms with Crippen LogP contribution in [0.4, 0.5) is 11.5 Å². The molecule has 0 atom stereocenters. The van der Waals surface area contributed by atoms with Crippen LogP contribution >= 0.6 is 0 Å². The van der Waals surface area contributed by atoms with Gasteiger partial charge in [0.05, 0.1) is 11.1 Å². The fourth-order valence-electron chi connectivity index (χ4n) is 4.66. The number of amides is 1. The van der Waals surface area contributed by atoms with Gasteiger partial charge in [-0.15, -0.1) is 0 Å². The van der Waals surface area contributed by atoms with Crippen molar-refractivity contribution in [1.29, 1.82) is 0 Å². The van der Waals surface area contributed by atoms with Crippen LogP contribution in [0.3, 0.4) is 0 Å². The van der Waals surface area contributed by atoms with E-state index in [4.69, 9.17) is 10.8 Å². The third kappa shape index (κ3) is 6.23. The van der Waals surface area contributed by atoms with E-state index in [9.17, 15) is 4.79 Å². The number of carbonyl (C=O) groups excluding carboxylic acids is 1. The van der Waals surface area contributed by atoms with E-state index >= 15 is 0 Å². The first-order valence-electron chi connectivity index (χ1n) is 12.6. The maximum absolute atomic E-state index is 12.1. The minimum atomic E-state index is -0.0898. The number of carbonyl (C=O) groups is 1. The molecule has 1 amide bonds. The zero-order chi connectivity index (χ0) is 23.6. The van der Waals surface area contributed by atoms with Crippen LogP contribution in [0, 0.1) is 0 Å². The Morgan fingerprint density at radius 3 is 2.47 bits per heavy atom. The van der Waals surface area contributed by atoms with Crippen LogP contribution in [0.15, 0.2) is 42.6 Å². The van der Waals surface area contributed by atoms with Crippen molar-refractivity contribution >= 4 is 28.3 Å². The number of unbranched alkanes of at least 4 members (excludes halogenated alkanes) is 5. The maximum atomic E-state index is 12.1. The van der Waals surface area contributed by atoms with E-state index in [0.29, 0.717) is 17.9 Å². The van der Waals surface area contributed by atoms with Crippen LogP contribution in [0.25, 0.3) is 10.9 Å². The number of nitrogens with two attached hydrogens (primary N) is 1. The summed E-state index contributed by atoms with van der Waals surface area (Å²) in [7, 11) is 0. The van der Waals surface area contributed by atoms with Gasteiger partial charge in [-0.3, -0.25) is 9.78 Å². The van der Waals surface area contributed by atoms with Gasteiger partial charge in [0.1, 0.15) is 5.82 Å². The molecule has 1 aliphatic rings. The molecule has 7 nitrogen and oxygen atoms in total. The van der Waals surface area contributed by atoms with Gasteiger partial charge in [0.15, 0.2) is 0 Å². The number of anilines is 2. The van der Waals surface area contributed by atoms with E-state index in [-0.39, 0.29) is 5.91 Å². The van der Waals surface area contributed by atoms with Gasteiger partial charge in [-0.1, -0.05) is 43.9 Å². The number of nitrogen functional groups attached to an aromatic ring is 1. The van der Waals surface area contributed by atoms with Gasteiger partial charge in [-0.25, -0.2) is 10.8 Å². The van der Waals surface area contributed by atoms with Crippen LogP contribution in [-0.4, -0.2) is 29.0 Å². The van der Waals surface area contributed by atoms with Gasteiger partial charge in [-0.05, 0) is 62.3 Å². The van der Waals surface area contributed by atoms with Crippen molar-refractivity contribution in [3.05, 3.63) is 59.4 Å². The SMILES string of the molecule is NNc1ccc(C(=O)NCCCCCCCCNc2c3c(nc4ccccc24)CCCC3)cn1. The number of pyridine rings is 2. The molecular weight excluding hydrogens is 424 g/mol. The highest BCUT2D eigenvalue weighted by Gasteiger charge is 2.17. The van der Waals surface area contributed by atoms with E-state index < -0.39 is 0 Å². The molecule has 1 aromatic carbocycles. The number of hydrogen-bond donors (Lipinski definition) is 4. The highest BCUT2D eigenvalue weighted by Crippen LogP contribution is 2.33. The number of rotatable bonds is 12. The molecule has 2 aromatic heterocycles. The molecule has 2 heterocycles. The van der Waals surface area contributed by atoms with Crippen molar-refractivity contribution in [1.82, 2.24) is 15.3 Å². The fraction of sp³-hybridized carbons (Fsp3) is 0.444. The molecule has 34 heavy (non-hydrogen) atoms. The zero-order valence-electron chi connectivity index (χ0n) is 19.9. The van der Waals surface area contributed by atoms with E-state index in [0.717, 1.165) is 37.7 Å². The Bertz CT molecular complexity index is 1080. The molecule has 180 valence electrons. The van der Waals surface area contributed by atoms with Gasteiger partial charge in [-0.2, -0.15) is 0 Å². The van der Waals surface area contributed by atoms with E-state index in [1.807, 2.05) is 0 Å². The first-order chi connectivity index (χ1) is 16.8. The van der Waals surface area contributed by atoms with Crippen molar-refractivity contribution in [2.24, 2.45) is 5.84 Å². The number of aryl methyl sites for hydroxylation is 1. The monoisotopic (exact) mass is 460 g/mol. The molecule has 4 rings (SSSR count). The molecule has 0 radical (unpaired) electrons. The minimum Gasteiger partial charge on any atom is -0.384 e. The maximum Gasteiger partial charge on any atom is 0.252 e. The zero-order valence-corrected chi connectivity index (χ0v) is 19.9. The summed E-state index contributed by atoms with van der Waals surface area (Å²) in [6.45, 7) is 1.69. The lowest BCUT2D eigenvalue weighted by molar-refractivity contribution is 0.0952. The molecule has 0 unspecified atom stereocenters. The summed E-state index contributed by atoms with van der Waals surface area (Å²) in [4.78, 5) is 21.1. The summed E-state index contributed by atoms with van der Waals surface area (Å²) in [5.74, 6) is 5.75. The van der Waals surface area contributed by atoms with Crippen molar-refractivity contribution in [3.8, 4) is 0 Å². The molecule has 5 N–H and O–H groups in total. The summed E-state index contributed by atoms with van der Waals surface area (Å²) in [5, 5.41) is 7.98. The lowest BCUT2D eigenvalue weighted by Crippen LogP contribution is -2.24. The number of hydrogen-bond acceptors (Lipinski definition) is 6. The fourth-order valence-corrected chi connectivity index (χ4v) is 4.66. The Balaban J connectivity index is 1.11. The van der Waals surface area contributed by atoms with Gasteiger partial charge >= 0.3 is 0 Å². The van der Waals surface area contributed by atoms with Crippen LogP contribution in [0.1, 0.15) is 73.0 Å². The Hall–Kier alpha value is -3.19. The lowest BCUT2D eigenvalue weighted by Gasteiger charge is -2.21. The van der Waals surface area contributed by atoms with Gasteiger partial charge in [0, 0.05) is 36.1 Å². The van der Waals surface area contributed by atoms with E-state index in [2.05, 4.69) is 45.3 Å². The first-order valence-corrected chi connectivity index (χ1v) is 12.6. The Morgan fingerprint density at radius 1 is 0.912 bits per heavy atom. The number of nitrogens with one attached hydrogen (secondary N) is 3. The standard InChI is InChI=1S/C27H36N6O/c28-33-25-16-15-20(19-31-25)27(34)30-18-10-4-2-1-3-9-17-29-26-21-11-5-7-13-23(21)32-24-14-8-6-12-22(24)26/h5,7,11,13,15-16,19H,1-4,6,8-10,12,14,17-18,28H2,(H,29,32)(H,30,34)(H,31,33). The highest BCUT2D eigenvalue weighted by molar-refractivity contribution is 5.94. The number of fused-ring (bicyclic) bond motifs is 2. The molecule has 0 bridgehead atoms. The number of hydrazine groups is 1. The Labute approximate surface area is 201 Å². The number of para-hydroxylation sites is 1. The van der Waals surface area contributed by atoms with Crippen LogP contribution < -0.4 is 21.9 Å². The van der Waals surface area contributed by atoms with E-state index in [1.54, 1.807) is 12.1 Å². The van der Waals surface area contributed by atoms with Crippen LogP contribution in [0.2, 0.25) is 0 Å². The van der Waals surface area contributed by atoms with Crippen molar-refractivity contribution in [2.45, 2.75) is 64.2 Å². The molecule has 1 aliphatic carbocycles. The highest BCUT2D eigenvalue weighted by atomic mass is 16.1. The summed E-state index contributed by atoms with van der Waals surface area (Å²) < 4.78 is 0. The quantitative estimate of drug-likeness (QED) is 0.173. The van der Waals surface area contributed by atoms with Gasteiger partial charge in [0.2, 0.25) is 0 Å². The predicted octanol–water partition coefficient (Wildman–Crippen LogP) is 4.98. The summed E-state index contributed by atoms with van der Waals surface area (Å²) >= 11 is 0. The second-order valence-corrected chi connectivity index (χ2v) is 9.02. The van der Waals surface area contributed by atoms with Crippen LogP contribution in [0.5, 0.6) is 0 Å². The van der Waals surface area contributed by atoms with Crippen molar-refractivity contribution < 1.29 is 4.79 Å². The lowest BCUT2D eigenvalue weighted by atomic mass is 9.92. The van der Waals surface area contributed by atoms with Crippen LogP contribution in [-0.2, 0) is 12.8 Å². The van der Waals surface area contributed by atoms with Gasteiger partial charge in [0.25, 0.3) is 5.91 Å². The summed E-state index contributed by atoms with van der Waals surface area (Å²) in [6.07, 6.45) is 13.2. The largest absolute Gasteiger partial charge is 0.384 e. The molecule has 0 saturated carbocycles. The molecule has 7 heteroatoms. The summed E-state index contributed by atoms with van der Waals surface area (Å²) in [5.41, 5.74) is 8.17. The molecule has 0 saturated heterocycles. The third-order valence-electron chi connectivity index (χ3n) is 6.53. The molecular formula is C27H36N6O. The molecule has 0 spiro atoms. The van der Waals surface area contributed by atoms with Crippen molar-refractivity contribution in [3.63, 3.8) is 0 Å². The number of nitrogens with zero attached hydrogens (tertiary/aromatic N) is 2. The number of aromatic nitrogens is 2. The van der Waals surface area contributed by atoms with E-state index in [1.165, 1.54) is 67.1 Å². The Morgan fingerprint density at radius 2 is 1.68 bits per heavy atom. The Kier molecular flexibility index (Phi) is 8.68. The second-order valence-electron chi connectivity index (χ2n) is 9.02.